The molecule has 0 saturated heterocycles. The summed E-state index contributed by atoms with van der Waals surface area (Å²) in [5.41, 5.74) is 2.89. The van der Waals surface area contributed by atoms with Crippen LogP contribution in [0.1, 0.15) is 16.1 Å². The lowest BCUT2D eigenvalue weighted by Gasteiger charge is -1.97. The number of aryl methyl sites for hydroxylation is 1. The standard InChI is InChI=1S/C11H10N2O2/c1-7-4-8(2-3-12-7)10-5-9(6-13-10)11(14)15/h2-6,13H,1H3,(H,14,15). The predicted octanol–water partition coefficient (Wildman–Crippen LogP) is 2.08. The van der Waals surface area contributed by atoms with Crippen molar-refractivity contribution in [2.24, 2.45) is 0 Å². The summed E-state index contributed by atoms with van der Waals surface area (Å²) in [6, 6.07) is 5.35. The van der Waals surface area contributed by atoms with E-state index in [0.29, 0.717) is 0 Å². The fourth-order valence-electron chi connectivity index (χ4n) is 1.40. The number of nitrogens with one attached hydrogen (secondary N) is 1. The van der Waals surface area contributed by atoms with Crippen LogP contribution >= 0.6 is 0 Å². The Morgan fingerprint density at radius 3 is 2.87 bits per heavy atom. The minimum Gasteiger partial charge on any atom is -0.478 e. The van der Waals surface area contributed by atoms with E-state index in [2.05, 4.69) is 9.97 Å². The number of H-pyrrole nitrogens is 1. The van der Waals surface area contributed by atoms with Crippen molar-refractivity contribution in [1.29, 1.82) is 0 Å². The molecule has 0 fully saturated rings. The number of rotatable bonds is 2. The molecule has 0 saturated carbocycles. The van der Waals surface area contributed by atoms with E-state index in [-0.39, 0.29) is 5.56 Å². The molecule has 4 heteroatoms. The summed E-state index contributed by atoms with van der Waals surface area (Å²) in [5, 5.41) is 8.77. The van der Waals surface area contributed by atoms with E-state index in [1.165, 1.54) is 6.20 Å². The van der Waals surface area contributed by atoms with E-state index in [4.69, 9.17) is 5.11 Å². The van der Waals surface area contributed by atoms with Gasteiger partial charge < -0.3 is 10.1 Å². The van der Waals surface area contributed by atoms with E-state index in [1.54, 1.807) is 12.3 Å². The maximum absolute atomic E-state index is 10.7. The second-order valence-electron chi connectivity index (χ2n) is 3.29. The van der Waals surface area contributed by atoms with Gasteiger partial charge in [0, 0.05) is 29.3 Å². The number of aromatic carboxylic acids is 1. The van der Waals surface area contributed by atoms with Crippen LogP contribution in [0.25, 0.3) is 11.3 Å². The topological polar surface area (TPSA) is 66.0 Å². The minimum absolute atomic E-state index is 0.263. The van der Waals surface area contributed by atoms with Gasteiger partial charge in [-0.2, -0.15) is 0 Å². The molecule has 0 radical (unpaired) electrons. The van der Waals surface area contributed by atoms with Crippen LogP contribution in [0.3, 0.4) is 0 Å². The highest BCUT2D eigenvalue weighted by Crippen LogP contribution is 2.18. The third-order valence-electron chi connectivity index (χ3n) is 2.14. The van der Waals surface area contributed by atoms with E-state index in [0.717, 1.165) is 17.0 Å². The maximum atomic E-state index is 10.7. The highest BCUT2D eigenvalue weighted by atomic mass is 16.4. The molecule has 0 amide bonds. The number of nitrogens with zero attached hydrogens (tertiary/aromatic N) is 1. The lowest BCUT2D eigenvalue weighted by Crippen LogP contribution is -1.91. The van der Waals surface area contributed by atoms with Gasteiger partial charge in [0.25, 0.3) is 0 Å². The van der Waals surface area contributed by atoms with Gasteiger partial charge in [-0.15, -0.1) is 0 Å². The van der Waals surface area contributed by atoms with Crippen LogP contribution in [-0.2, 0) is 0 Å². The van der Waals surface area contributed by atoms with Gasteiger partial charge in [0.15, 0.2) is 0 Å². The van der Waals surface area contributed by atoms with Crippen LogP contribution in [0, 0.1) is 6.92 Å². The van der Waals surface area contributed by atoms with Crippen LogP contribution in [0.4, 0.5) is 0 Å². The minimum atomic E-state index is -0.928. The number of carbonyl (C=O) groups is 1. The van der Waals surface area contributed by atoms with Crippen molar-refractivity contribution < 1.29 is 9.90 Å². The maximum Gasteiger partial charge on any atom is 0.337 e. The number of hydrogen-bond donors (Lipinski definition) is 2. The number of hydrogen-bond acceptors (Lipinski definition) is 2. The summed E-state index contributed by atoms with van der Waals surface area (Å²) >= 11 is 0. The molecular formula is C11H10N2O2. The van der Waals surface area contributed by atoms with Crippen molar-refractivity contribution in [3.63, 3.8) is 0 Å². The first kappa shape index (κ1) is 9.45. The van der Waals surface area contributed by atoms with Crippen molar-refractivity contribution >= 4 is 5.97 Å². The third kappa shape index (κ3) is 1.88. The van der Waals surface area contributed by atoms with Crippen LogP contribution in [0.2, 0.25) is 0 Å². The van der Waals surface area contributed by atoms with E-state index < -0.39 is 5.97 Å². The SMILES string of the molecule is Cc1cc(-c2cc(C(=O)O)c[nH]2)ccn1. The Hall–Kier alpha value is -2.10. The van der Waals surface area contributed by atoms with Gasteiger partial charge in [-0.05, 0) is 25.1 Å². The van der Waals surface area contributed by atoms with Gasteiger partial charge in [0.2, 0.25) is 0 Å². The molecule has 4 nitrogen and oxygen atoms in total. The summed E-state index contributed by atoms with van der Waals surface area (Å²) in [6.07, 6.45) is 3.18. The predicted molar refractivity (Wildman–Crippen MR) is 55.7 cm³/mol. The quantitative estimate of drug-likeness (QED) is 0.783. The Balaban J connectivity index is 2.41. The number of aromatic amines is 1. The number of pyridine rings is 1. The molecule has 0 unspecified atom stereocenters. The molecular weight excluding hydrogens is 192 g/mol. The molecule has 0 aliphatic rings. The average molecular weight is 202 g/mol. The van der Waals surface area contributed by atoms with Gasteiger partial charge in [-0.3, -0.25) is 4.98 Å². The molecule has 0 spiro atoms. The van der Waals surface area contributed by atoms with Crippen LogP contribution in [-0.4, -0.2) is 21.0 Å². The second-order valence-corrected chi connectivity index (χ2v) is 3.29. The third-order valence-corrected chi connectivity index (χ3v) is 2.14. The highest BCUT2D eigenvalue weighted by Gasteiger charge is 2.07. The Kier molecular flexibility index (Phi) is 2.25. The molecule has 15 heavy (non-hydrogen) atoms. The molecule has 0 atom stereocenters. The molecule has 0 aromatic carbocycles. The van der Waals surface area contributed by atoms with Gasteiger partial charge in [-0.25, -0.2) is 4.79 Å². The fourth-order valence-corrected chi connectivity index (χ4v) is 1.40. The van der Waals surface area contributed by atoms with Crippen molar-refractivity contribution in [3.8, 4) is 11.3 Å². The molecule has 2 aromatic rings. The van der Waals surface area contributed by atoms with Crippen molar-refractivity contribution in [3.05, 3.63) is 41.9 Å². The molecule has 76 valence electrons. The van der Waals surface area contributed by atoms with Crippen LogP contribution in [0.15, 0.2) is 30.6 Å². The fraction of sp³-hybridized carbons (Fsp3) is 0.0909. The zero-order valence-electron chi connectivity index (χ0n) is 8.19. The van der Waals surface area contributed by atoms with Crippen molar-refractivity contribution in [2.45, 2.75) is 6.92 Å². The highest BCUT2D eigenvalue weighted by molar-refractivity contribution is 5.89. The smallest absolute Gasteiger partial charge is 0.337 e. The van der Waals surface area contributed by atoms with Gasteiger partial charge in [-0.1, -0.05) is 0 Å². The van der Waals surface area contributed by atoms with Gasteiger partial charge >= 0.3 is 5.97 Å². The Labute approximate surface area is 86.6 Å². The molecule has 0 aliphatic heterocycles. The average Bonchev–Trinajstić information content (AvgIpc) is 2.66. The summed E-state index contributed by atoms with van der Waals surface area (Å²) in [6.45, 7) is 1.89. The van der Waals surface area contributed by atoms with Crippen LogP contribution in [0.5, 0.6) is 0 Å². The van der Waals surface area contributed by atoms with Gasteiger partial charge in [0.05, 0.1) is 5.56 Å². The summed E-state index contributed by atoms with van der Waals surface area (Å²) in [7, 11) is 0. The molecule has 2 rings (SSSR count). The van der Waals surface area contributed by atoms with Gasteiger partial charge in [0.1, 0.15) is 0 Å². The number of aromatic nitrogens is 2. The first-order valence-corrected chi connectivity index (χ1v) is 4.51. The summed E-state index contributed by atoms with van der Waals surface area (Å²) < 4.78 is 0. The Morgan fingerprint density at radius 2 is 2.27 bits per heavy atom. The van der Waals surface area contributed by atoms with Crippen molar-refractivity contribution in [2.75, 3.05) is 0 Å². The second kappa shape index (κ2) is 3.57. The molecule has 2 heterocycles. The lowest BCUT2D eigenvalue weighted by atomic mass is 10.1. The molecule has 0 bridgehead atoms. The monoisotopic (exact) mass is 202 g/mol. The molecule has 0 aliphatic carbocycles. The number of carboxylic acid groups (broad SMARTS) is 1. The summed E-state index contributed by atoms with van der Waals surface area (Å²) in [5.74, 6) is -0.928. The Morgan fingerprint density at radius 1 is 1.47 bits per heavy atom. The molecule has 2 N–H and O–H groups in total. The summed E-state index contributed by atoms with van der Waals surface area (Å²) in [4.78, 5) is 17.7. The van der Waals surface area contributed by atoms with E-state index >= 15 is 0 Å². The van der Waals surface area contributed by atoms with Crippen molar-refractivity contribution in [1.82, 2.24) is 9.97 Å². The first-order chi connectivity index (χ1) is 7.16. The molecule has 2 aromatic heterocycles. The zero-order valence-corrected chi connectivity index (χ0v) is 8.19. The zero-order chi connectivity index (χ0) is 10.8. The first-order valence-electron chi connectivity index (χ1n) is 4.51. The van der Waals surface area contributed by atoms with Crippen LogP contribution < -0.4 is 0 Å². The van der Waals surface area contributed by atoms with E-state index in [1.807, 2.05) is 19.1 Å². The Bertz CT molecular complexity index is 503. The normalized spacial score (nSPS) is 10.2. The largest absolute Gasteiger partial charge is 0.478 e. The number of carboxylic acids is 1. The van der Waals surface area contributed by atoms with E-state index in [9.17, 15) is 4.79 Å². The lowest BCUT2D eigenvalue weighted by molar-refractivity contribution is 0.0697.